The van der Waals surface area contributed by atoms with Gasteiger partial charge >= 0.3 is 12.0 Å². The predicted octanol–water partition coefficient (Wildman–Crippen LogP) is 2.71. The summed E-state index contributed by atoms with van der Waals surface area (Å²) in [6, 6.07) is 2.59. The normalized spacial score (nSPS) is 19.4. The molecule has 2 amide bonds. The first-order valence-electron chi connectivity index (χ1n) is 7.45. The number of allylic oxidation sites excluding steroid dienone is 1. The van der Waals surface area contributed by atoms with Gasteiger partial charge in [-0.2, -0.15) is 0 Å². The van der Waals surface area contributed by atoms with Crippen molar-refractivity contribution in [2.24, 2.45) is 0 Å². The lowest BCUT2D eigenvalue weighted by atomic mass is 9.94. The number of nitrogens with one attached hydrogen (secondary N) is 1. The number of carbonyl (C=O) groups excluding carboxylic acids is 2. The lowest BCUT2D eigenvalue weighted by molar-refractivity contribution is -0.139. The van der Waals surface area contributed by atoms with Gasteiger partial charge in [-0.15, -0.1) is 0 Å². The lowest BCUT2D eigenvalue weighted by Crippen LogP contribution is -2.46. The van der Waals surface area contributed by atoms with E-state index in [0.29, 0.717) is 32.8 Å². The highest BCUT2D eigenvalue weighted by atomic mass is 79.9. The minimum atomic E-state index is -0.642. The molecule has 0 spiro atoms. The second-order valence-corrected chi connectivity index (χ2v) is 6.24. The van der Waals surface area contributed by atoms with Gasteiger partial charge in [0, 0.05) is 17.2 Å². The van der Waals surface area contributed by atoms with Gasteiger partial charge in [0.2, 0.25) is 6.79 Å². The van der Waals surface area contributed by atoms with Gasteiger partial charge in [-0.3, -0.25) is 0 Å². The number of benzene rings is 1. The Bertz CT molecular complexity index is 746. The van der Waals surface area contributed by atoms with Crippen molar-refractivity contribution in [2.45, 2.75) is 19.9 Å². The van der Waals surface area contributed by atoms with E-state index in [1.165, 1.54) is 4.90 Å². The summed E-state index contributed by atoms with van der Waals surface area (Å²) >= 11 is 3.48. The fourth-order valence-electron chi connectivity index (χ4n) is 2.70. The quantitative estimate of drug-likeness (QED) is 0.794. The molecule has 1 aromatic rings. The number of fused-ring (bicyclic) bond motifs is 1. The average Bonchev–Trinajstić information content (AvgIpc) is 2.98. The van der Waals surface area contributed by atoms with Crippen LogP contribution in [-0.4, -0.2) is 37.3 Å². The van der Waals surface area contributed by atoms with Crippen molar-refractivity contribution in [2.75, 3.05) is 20.4 Å². The van der Waals surface area contributed by atoms with Crippen LogP contribution >= 0.6 is 15.9 Å². The van der Waals surface area contributed by atoms with Gasteiger partial charge in [0.15, 0.2) is 11.5 Å². The molecule has 0 unspecified atom stereocenters. The van der Waals surface area contributed by atoms with Crippen molar-refractivity contribution in [1.82, 2.24) is 10.2 Å². The SMILES string of the molecule is CCOC(=O)C1=C(C)N(C)C(=O)N[C@@H]1c1cc2c(cc1Br)OCO2. The molecule has 1 aromatic carbocycles. The van der Waals surface area contributed by atoms with Gasteiger partial charge < -0.3 is 24.4 Å². The summed E-state index contributed by atoms with van der Waals surface area (Å²) in [5, 5.41) is 2.84. The molecule has 2 heterocycles. The summed E-state index contributed by atoms with van der Waals surface area (Å²) in [5.74, 6) is 0.724. The standard InChI is InChI=1S/C16H17BrN2O5/c1-4-22-15(20)13-8(2)19(3)16(21)18-14(13)9-5-11-12(6-10(9)17)24-7-23-11/h5-6,14H,4,7H2,1-3H3,(H,18,21)/t14-/m1/s1. The fraction of sp³-hybridized carbons (Fsp3) is 0.375. The highest BCUT2D eigenvalue weighted by Crippen LogP contribution is 2.42. The van der Waals surface area contributed by atoms with E-state index in [4.69, 9.17) is 14.2 Å². The first kappa shape index (κ1) is 16.6. The Labute approximate surface area is 147 Å². The van der Waals surface area contributed by atoms with E-state index in [0.717, 1.165) is 0 Å². The Morgan fingerprint density at radius 1 is 1.42 bits per heavy atom. The van der Waals surface area contributed by atoms with Crippen LogP contribution in [0.15, 0.2) is 27.9 Å². The number of rotatable bonds is 3. The molecule has 0 aliphatic carbocycles. The van der Waals surface area contributed by atoms with Crippen molar-refractivity contribution in [3.05, 3.63) is 33.4 Å². The summed E-state index contributed by atoms with van der Waals surface area (Å²) in [7, 11) is 1.61. The van der Waals surface area contributed by atoms with E-state index in [-0.39, 0.29) is 19.4 Å². The van der Waals surface area contributed by atoms with E-state index in [1.54, 1.807) is 33.0 Å². The minimum Gasteiger partial charge on any atom is -0.463 e. The van der Waals surface area contributed by atoms with Crippen LogP contribution in [0.1, 0.15) is 25.5 Å². The molecular formula is C16H17BrN2O5. The van der Waals surface area contributed by atoms with Crippen LogP contribution in [0.2, 0.25) is 0 Å². The maximum absolute atomic E-state index is 12.5. The zero-order valence-corrected chi connectivity index (χ0v) is 15.1. The van der Waals surface area contributed by atoms with Crippen molar-refractivity contribution >= 4 is 27.9 Å². The molecule has 2 aliphatic rings. The van der Waals surface area contributed by atoms with Gasteiger partial charge in [-0.05, 0) is 31.5 Å². The van der Waals surface area contributed by atoms with Gasteiger partial charge in [-0.25, -0.2) is 9.59 Å². The van der Waals surface area contributed by atoms with Crippen molar-refractivity contribution in [1.29, 1.82) is 0 Å². The highest BCUT2D eigenvalue weighted by molar-refractivity contribution is 9.10. The molecule has 128 valence electrons. The Hall–Kier alpha value is -2.22. The number of esters is 1. The van der Waals surface area contributed by atoms with Crippen LogP contribution in [0, 0.1) is 0 Å². The molecule has 0 fully saturated rings. The molecule has 0 saturated carbocycles. The summed E-state index contributed by atoms with van der Waals surface area (Å²) in [6.45, 7) is 3.86. The maximum Gasteiger partial charge on any atom is 0.338 e. The molecule has 0 bridgehead atoms. The number of urea groups is 1. The third kappa shape index (κ3) is 2.71. The third-order valence-electron chi connectivity index (χ3n) is 4.05. The second-order valence-electron chi connectivity index (χ2n) is 5.39. The number of hydrogen-bond acceptors (Lipinski definition) is 5. The molecule has 0 saturated heterocycles. The predicted molar refractivity (Wildman–Crippen MR) is 88.6 cm³/mol. The largest absolute Gasteiger partial charge is 0.463 e. The number of halogens is 1. The first-order chi connectivity index (χ1) is 11.4. The smallest absolute Gasteiger partial charge is 0.338 e. The van der Waals surface area contributed by atoms with E-state index in [2.05, 4.69) is 21.2 Å². The van der Waals surface area contributed by atoms with Gasteiger partial charge in [0.05, 0.1) is 18.2 Å². The molecule has 24 heavy (non-hydrogen) atoms. The first-order valence-corrected chi connectivity index (χ1v) is 8.24. The van der Waals surface area contributed by atoms with Gasteiger partial charge in [-0.1, -0.05) is 15.9 Å². The molecule has 7 nitrogen and oxygen atoms in total. The van der Waals surface area contributed by atoms with Crippen molar-refractivity contribution in [3.63, 3.8) is 0 Å². The third-order valence-corrected chi connectivity index (χ3v) is 4.74. The molecule has 0 radical (unpaired) electrons. The molecule has 1 N–H and O–H groups in total. The Kier molecular flexibility index (Phi) is 4.40. The minimum absolute atomic E-state index is 0.143. The highest BCUT2D eigenvalue weighted by Gasteiger charge is 2.36. The number of nitrogens with zero attached hydrogens (tertiary/aromatic N) is 1. The van der Waals surface area contributed by atoms with Crippen LogP contribution < -0.4 is 14.8 Å². The molecule has 0 aromatic heterocycles. The lowest BCUT2D eigenvalue weighted by Gasteiger charge is -2.33. The van der Waals surface area contributed by atoms with E-state index in [1.807, 2.05) is 0 Å². The zero-order chi connectivity index (χ0) is 17.4. The van der Waals surface area contributed by atoms with Gasteiger partial charge in [0.1, 0.15) is 0 Å². The van der Waals surface area contributed by atoms with Crippen LogP contribution in [0.25, 0.3) is 0 Å². The van der Waals surface area contributed by atoms with Gasteiger partial charge in [0.25, 0.3) is 0 Å². The van der Waals surface area contributed by atoms with Crippen molar-refractivity contribution < 1.29 is 23.8 Å². The van der Waals surface area contributed by atoms with E-state index < -0.39 is 12.0 Å². The Balaban J connectivity index is 2.11. The maximum atomic E-state index is 12.5. The fourth-order valence-corrected chi connectivity index (χ4v) is 3.25. The number of amides is 2. The summed E-state index contributed by atoms with van der Waals surface area (Å²) in [6.07, 6.45) is 0. The van der Waals surface area contributed by atoms with E-state index >= 15 is 0 Å². The monoisotopic (exact) mass is 396 g/mol. The van der Waals surface area contributed by atoms with Crippen LogP contribution in [0.4, 0.5) is 4.79 Å². The summed E-state index contributed by atoms with van der Waals surface area (Å²) < 4.78 is 16.6. The second kappa shape index (κ2) is 6.35. The molecule has 3 rings (SSSR count). The van der Waals surface area contributed by atoms with Crippen LogP contribution in [0.5, 0.6) is 11.5 Å². The number of ether oxygens (including phenoxy) is 3. The summed E-state index contributed by atoms with van der Waals surface area (Å²) in [5.41, 5.74) is 1.63. The van der Waals surface area contributed by atoms with Crippen LogP contribution in [0.3, 0.4) is 0 Å². The summed E-state index contributed by atoms with van der Waals surface area (Å²) in [4.78, 5) is 26.1. The zero-order valence-electron chi connectivity index (χ0n) is 13.5. The molecule has 2 aliphatic heterocycles. The molecular weight excluding hydrogens is 380 g/mol. The number of hydrogen-bond donors (Lipinski definition) is 1. The Morgan fingerprint density at radius 2 is 2.08 bits per heavy atom. The van der Waals surface area contributed by atoms with E-state index in [9.17, 15) is 9.59 Å². The molecule has 8 heteroatoms. The average molecular weight is 397 g/mol. The topological polar surface area (TPSA) is 77.1 Å². The Morgan fingerprint density at radius 3 is 2.75 bits per heavy atom. The van der Waals surface area contributed by atoms with Crippen LogP contribution in [-0.2, 0) is 9.53 Å². The number of carbonyl (C=O) groups is 2. The molecule has 1 atom stereocenters. The van der Waals surface area contributed by atoms with Crippen molar-refractivity contribution in [3.8, 4) is 11.5 Å².